The molecule has 1 rings (SSSR count). The van der Waals surface area contributed by atoms with Gasteiger partial charge in [-0.05, 0) is 11.6 Å². The molecule has 7 nitrogen and oxygen atoms in total. The van der Waals surface area contributed by atoms with Crippen LogP contribution in [-0.4, -0.2) is 19.1 Å². The second-order valence-corrected chi connectivity index (χ2v) is 2.92. The molecule has 0 spiro atoms. The van der Waals surface area contributed by atoms with Crippen molar-refractivity contribution in [2.45, 2.75) is 6.61 Å². The molecule has 0 atom stereocenters. The molecule has 0 fully saturated rings. The molecule has 0 aliphatic rings. The maximum Gasteiger partial charge on any atom is 0.315 e. The van der Waals surface area contributed by atoms with Gasteiger partial charge in [0, 0.05) is 6.07 Å². The van der Waals surface area contributed by atoms with Gasteiger partial charge in [-0.3, -0.25) is 15.0 Å². The van der Waals surface area contributed by atoms with Crippen molar-refractivity contribution in [3.63, 3.8) is 0 Å². The van der Waals surface area contributed by atoms with Gasteiger partial charge in [0.25, 0.3) is 0 Å². The van der Waals surface area contributed by atoms with Crippen LogP contribution in [0.3, 0.4) is 0 Å². The zero-order valence-corrected chi connectivity index (χ0v) is 8.93. The van der Waals surface area contributed by atoms with Gasteiger partial charge in [-0.25, -0.2) is 5.90 Å². The normalized spacial score (nSPS) is 9.94. The second-order valence-electron chi connectivity index (χ2n) is 2.92. The molecule has 88 valence electrons. The quantitative estimate of drug-likeness (QED) is 0.596. The van der Waals surface area contributed by atoms with Crippen LogP contribution < -0.4 is 15.4 Å². The van der Waals surface area contributed by atoms with E-state index in [-0.39, 0.29) is 23.8 Å². The fourth-order valence-corrected chi connectivity index (χ4v) is 1.31. The Morgan fingerprint density at radius 3 is 2.50 bits per heavy atom. The summed E-state index contributed by atoms with van der Waals surface area (Å²) in [6.45, 7) is 0.0567. The van der Waals surface area contributed by atoms with E-state index in [1.165, 1.54) is 20.3 Å². The number of nitrogens with zero attached hydrogens (tertiary/aromatic N) is 1. The highest BCUT2D eigenvalue weighted by molar-refractivity contribution is 5.58. The third-order valence-corrected chi connectivity index (χ3v) is 1.97. The number of nitrogens with two attached hydrogens (primary N) is 1. The molecule has 16 heavy (non-hydrogen) atoms. The van der Waals surface area contributed by atoms with Crippen molar-refractivity contribution in [3.8, 4) is 11.5 Å². The molecule has 7 heteroatoms. The van der Waals surface area contributed by atoms with E-state index in [0.717, 1.165) is 0 Å². The molecule has 1 aromatic rings. The van der Waals surface area contributed by atoms with E-state index < -0.39 is 4.92 Å². The Balaban J connectivity index is 3.31. The highest BCUT2D eigenvalue weighted by atomic mass is 16.6. The summed E-state index contributed by atoms with van der Waals surface area (Å²) in [6, 6.07) is 2.90. The number of hydrogen-bond acceptors (Lipinski definition) is 6. The first-order valence-electron chi connectivity index (χ1n) is 4.35. The molecule has 0 radical (unpaired) electrons. The van der Waals surface area contributed by atoms with Crippen molar-refractivity contribution < 1.29 is 19.2 Å². The van der Waals surface area contributed by atoms with Crippen molar-refractivity contribution in [1.82, 2.24) is 0 Å². The van der Waals surface area contributed by atoms with Gasteiger partial charge >= 0.3 is 5.69 Å². The summed E-state index contributed by atoms with van der Waals surface area (Å²) in [6.07, 6.45) is 0. The van der Waals surface area contributed by atoms with Crippen LogP contribution in [0.15, 0.2) is 12.1 Å². The van der Waals surface area contributed by atoms with Crippen LogP contribution in [-0.2, 0) is 11.4 Å². The molecule has 0 aliphatic carbocycles. The minimum atomic E-state index is -0.554. The summed E-state index contributed by atoms with van der Waals surface area (Å²) in [7, 11) is 2.73. The summed E-state index contributed by atoms with van der Waals surface area (Å²) < 4.78 is 9.91. The summed E-state index contributed by atoms with van der Waals surface area (Å²) in [5, 5.41) is 10.8. The molecule has 2 N–H and O–H groups in total. The van der Waals surface area contributed by atoms with Gasteiger partial charge in [-0.1, -0.05) is 0 Å². The fraction of sp³-hybridized carbons (Fsp3) is 0.333. The standard InChI is InChI=1S/C9H12N2O5/c1-14-8-4-6(5-16-10)3-7(11(12)13)9(8)15-2/h3-4H,5,10H2,1-2H3. The Labute approximate surface area is 91.8 Å². The smallest absolute Gasteiger partial charge is 0.315 e. The van der Waals surface area contributed by atoms with Crippen LogP contribution >= 0.6 is 0 Å². The zero-order chi connectivity index (χ0) is 12.1. The van der Waals surface area contributed by atoms with Crippen LogP contribution in [0.25, 0.3) is 0 Å². The predicted molar refractivity (Wildman–Crippen MR) is 55.2 cm³/mol. The lowest BCUT2D eigenvalue weighted by molar-refractivity contribution is -0.385. The van der Waals surface area contributed by atoms with Crippen LogP contribution in [0.2, 0.25) is 0 Å². The van der Waals surface area contributed by atoms with Gasteiger partial charge in [0.15, 0.2) is 5.75 Å². The number of nitro benzene ring substituents is 1. The summed E-state index contributed by atoms with van der Waals surface area (Å²) >= 11 is 0. The average Bonchev–Trinajstić information content (AvgIpc) is 2.28. The zero-order valence-electron chi connectivity index (χ0n) is 8.93. The van der Waals surface area contributed by atoms with E-state index in [1.807, 2.05) is 0 Å². The van der Waals surface area contributed by atoms with E-state index in [9.17, 15) is 10.1 Å². The van der Waals surface area contributed by atoms with Gasteiger partial charge in [0.1, 0.15) is 0 Å². The molecule has 1 aromatic carbocycles. The molecule has 0 saturated carbocycles. The molecule has 0 amide bonds. The SMILES string of the molecule is COc1cc(CON)cc([N+](=O)[O-])c1OC. The molecule has 0 unspecified atom stereocenters. The van der Waals surface area contributed by atoms with Crippen molar-refractivity contribution >= 4 is 5.69 Å². The number of nitro groups is 1. The van der Waals surface area contributed by atoms with E-state index in [4.69, 9.17) is 15.4 Å². The minimum Gasteiger partial charge on any atom is -0.493 e. The Hall–Kier alpha value is -1.86. The van der Waals surface area contributed by atoms with E-state index >= 15 is 0 Å². The molecule has 0 bridgehead atoms. The topological polar surface area (TPSA) is 96.9 Å². The Kier molecular flexibility index (Phi) is 4.03. The number of hydrogen-bond donors (Lipinski definition) is 1. The number of rotatable bonds is 5. The van der Waals surface area contributed by atoms with Gasteiger partial charge in [0.05, 0.1) is 25.7 Å². The average molecular weight is 228 g/mol. The van der Waals surface area contributed by atoms with E-state index in [0.29, 0.717) is 5.56 Å². The Bertz CT molecular complexity index is 394. The fourth-order valence-electron chi connectivity index (χ4n) is 1.31. The van der Waals surface area contributed by atoms with Crippen molar-refractivity contribution in [3.05, 3.63) is 27.8 Å². The molecule has 0 heterocycles. The van der Waals surface area contributed by atoms with Gasteiger partial charge < -0.3 is 9.47 Å². The summed E-state index contributed by atoms with van der Waals surface area (Å²) in [5.74, 6) is 5.25. The summed E-state index contributed by atoms with van der Waals surface area (Å²) in [5.41, 5.74) is 0.348. The van der Waals surface area contributed by atoms with Gasteiger partial charge in [-0.2, -0.15) is 0 Å². The lowest BCUT2D eigenvalue weighted by atomic mass is 10.2. The molecule has 0 aromatic heterocycles. The van der Waals surface area contributed by atoms with Crippen LogP contribution in [0.1, 0.15) is 5.56 Å². The van der Waals surface area contributed by atoms with Crippen molar-refractivity contribution in [2.24, 2.45) is 5.90 Å². The van der Waals surface area contributed by atoms with E-state index in [2.05, 4.69) is 4.84 Å². The predicted octanol–water partition coefficient (Wildman–Crippen LogP) is 1.00. The number of benzene rings is 1. The first-order valence-corrected chi connectivity index (χ1v) is 4.35. The Morgan fingerprint density at radius 2 is 2.06 bits per heavy atom. The molecule has 0 aliphatic heterocycles. The van der Waals surface area contributed by atoms with Gasteiger partial charge in [0.2, 0.25) is 5.75 Å². The van der Waals surface area contributed by atoms with Crippen molar-refractivity contribution in [2.75, 3.05) is 14.2 Å². The highest BCUT2D eigenvalue weighted by Crippen LogP contribution is 2.37. The van der Waals surface area contributed by atoms with Crippen LogP contribution in [0.5, 0.6) is 11.5 Å². The summed E-state index contributed by atoms with van der Waals surface area (Å²) in [4.78, 5) is 14.7. The third-order valence-electron chi connectivity index (χ3n) is 1.97. The molecule has 0 saturated heterocycles. The largest absolute Gasteiger partial charge is 0.493 e. The third kappa shape index (κ3) is 2.38. The Morgan fingerprint density at radius 1 is 1.38 bits per heavy atom. The number of ether oxygens (including phenoxy) is 2. The first kappa shape index (κ1) is 12.2. The van der Waals surface area contributed by atoms with Crippen molar-refractivity contribution in [1.29, 1.82) is 0 Å². The van der Waals surface area contributed by atoms with Gasteiger partial charge in [-0.15, -0.1) is 0 Å². The highest BCUT2D eigenvalue weighted by Gasteiger charge is 2.21. The lowest BCUT2D eigenvalue weighted by Gasteiger charge is -2.09. The monoisotopic (exact) mass is 228 g/mol. The first-order chi connectivity index (χ1) is 7.63. The second kappa shape index (κ2) is 5.29. The maximum atomic E-state index is 10.8. The minimum absolute atomic E-state index is 0.0567. The molecular weight excluding hydrogens is 216 g/mol. The number of methoxy groups -OCH3 is 2. The van der Waals surface area contributed by atoms with Crippen LogP contribution in [0.4, 0.5) is 5.69 Å². The molecular formula is C9H12N2O5. The van der Waals surface area contributed by atoms with E-state index in [1.54, 1.807) is 6.07 Å². The lowest BCUT2D eigenvalue weighted by Crippen LogP contribution is -2.02. The van der Waals surface area contributed by atoms with Crippen LogP contribution in [0, 0.1) is 10.1 Å². The maximum absolute atomic E-state index is 10.8.